The minimum atomic E-state index is 1.00. The van der Waals surface area contributed by atoms with Crippen LogP contribution in [0.4, 0.5) is 0 Å². The van der Waals surface area contributed by atoms with E-state index in [0.717, 1.165) is 18.3 Å². The molecule has 0 nitrogen and oxygen atoms in total. The molecule has 1 fully saturated rings. The summed E-state index contributed by atoms with van der Waals surface area (Å²) in [4.78, 5) is 0. The van der Waals surface area contributed by atoms with Crippen molar-refractivity contribution in [2.45, 2.75) is 113 Å². The summed E-state index contributed by atoms with van der Waals surface area (Å²) < 4.78 is 0. The van der Waals surface area contributed by atoms with Crippen LogP contribution in [0.3, 0.4) is 0 Å². The normalized spacial score (nSPS) is 16.2. The maximum atomic E-state index is 3.83. The van der Waals surface area contributed by atoms with Gasteiger partial charge in [-0.05, 0) is 61.3 Å². The lowest BCUT2D eigenvalue weighted by Gasteiger charge is -2.24. The first kappa shape index (κ1) is 33.4. The van der Waals surface area contributed by atoms with Crippen molar-refractivity contribution in [2.24, 2.45) is 11.8 Å². The number of rotatable bonds is 5. The molecule has 0 heteroatoms. The quantitative estimate of drug-likeness (QED) is 0.312. The molecule has 0 N–H and O–H groups in total. The third-order valence-electron chi connectivity index (χ3n) is 6.01. The SMILES string of the molecule is C=C(C)CCCCC.C=CC.CC.CC1CCCCC1C.CCc1cccc2ccccc12. The fraction of sp³-hybridized carbons (Fsp3) is 0.576. The van der Waals surface area contributed by atoms with Crippen molar-refractivity contribution in [3.8, 4) is 0 Å². The van der Waals surface area contributed by atoms with Gasteiger partial charge in [0, 0.05) is 0 Å². The largest absolute Gasteiger partial charge is 0.103 e. The molecular weight excluding hydrogens is 396 g/mol. The molecule has 1 aliphatic rings. The van der Waals surface area contributed by atoms with Gasteiger partial charge < -0.3 is 0 Å². The molecule has 188 valence electrons. The Balaban J connectivity index is 0. The first-order chi connectivity index (χ1) is 15.9. The number of benzene rings is 2. The van der Waals surface area contributed by atoms with Gasteiger partial charge in [-0.15, -0.1) is 13.2 Å². The van der Waals surface area contributed by atoms with E-state index in [9.17, 15) is 0 Å². The Hall–Kier alpha value is -1.82. The van der Waals surface area contributed by atoms with E-state index in [1.54, 1.807) is 6.08 Å². The molecule has 2 unspecified atom stereocenters. The minimum absolute atomic E-state index is 1.00. The number of unbranched alkanes of at least 4 members (excludes halogenated alkanes) is 2. The predicted molar refractivity (Wildman–Crippen MR) is 156 cm³/mol. The second-order valence-electron chi connectivity index (χ2n) is 9.05. The molecule has 0 amide bonds. The van der Waals surface area contributed by atoms with Crippen LogP contribution in [0.1, 0.15) is 112 Å². The van der Waals surface area contributed by atoms with Crippen LogP contribution in [0.25, 0.3) is 10.8 Å². The van der Waals surface area contributed by atoms with E-state index in [-0.39, 0.29) is 0 Å². The number of allylic oxidation sites excluding steroid dienone is 2. The Labute approximate surface area is 208 Å². The molecule has 2 aromatic carbocycles. The highest BCUT2D eigenvalue weighted by Gasteiger charge is 2.15. The molecule has 0 heterocycles. The highest BCUT2D eigenvalue weighted by atomic mass is 14.2. The van der Waals surface area contributed by atoms with Gasteiger partial charge in [-0.3, -0.25) is 0 Å². The summed E-state index contributed by atoms with van der Waals surface area (Å²) in [7, 11) is 0. The summed E-state index contributed by atoms with van der Waals surface area (Å²) in [6, 6.07) is 15.0. The van der Waals surface area contributed by atoms with E-state index in [1.807, 2.05) is 20.8 Å². The topological polar surface area (TPSA) is 0 Å². The number of aryl methyl sites for hydroxylation is 1. The van der Waals surface area contributed by atoms with E-state index >= 15 is 0 Å². The van der Waals surface area contributed by atoms with Gasteiger partial charge in [-0.1, -0.05) is 134 Å². The molecule has 0 radical (unpaired) electrons. The molecule has 2 aromatic rings. The Morgan fingerprint density at radius 1 is 0.909 bits per heavy atom. The third kappa shape index (κ3) is 17.3. The summed E-state index contributed by atoms with van der Waals surface area (Å²) in [6.07, 6.45) is 14.0. The fourth-order valence-corrected chi connectivity index (χ4v) is 3.78. The monoisotopic (exact) mass is 452 g/mol. The van der Waals surface area contributed by atoms with Crippen LogP contribution in [-0.4, -0.2) is 0 Å². The van der Waals surface area contributed by atoms with E-state index in [2.05, 4.69) is 90.2 Å². The Morgan fingerprint density at radius 3 is 1.88 bits per heavy atom. The van der Waals surface area contributed by atoms with Crippen molar-refractivity contribution in [1.29, 1.82) is 0 Å². The zero-order chi connectivity index (χ0) is 25.5. The van der Waals surface area contributed by atoms with Gasteiger partial charge >= 0.3 is 0 Å². The van der Waals surface area contributed by atoms with Crippen LogP contribution >= 0.6 is 0 Å². The van der Waals surface area contributed by atoms with Crippen LogP contribution in [0.2, 0.25) is 0 Å². The van der Waals surface area contributed by atoms with Gasteiger partial charge in [-0.2, -0.15) is 0 Å². The van der Waals surface area contributed by atoms with Crippen LogP contribution in [0.15, 0.2) is 67.3 Å². The van der Waals surface area contributed by atoms with Crippen LogP contribution in [0.5, 0.6) is 0 Å². The van der Waals surface area contributed by atoms with Crippen molar-refractivity contribution >= 4 is 10.8 Å². The van der Waals surface area contributed by atoms with Gasteiger partial charge in [0.1, 0.15) is 0 Å². The highest BCUT2D eigenvalue weighted by Crippen LogP contribution is 2.28. The summed E-state index contributed by atoms with van der Waals surface area (Å²) in [5, 5.41) is 2.74. The Kier molecular flexibility index (Phi) is 23.6. The molecule has 2 atom stereocenters. The molecule has 3 rings (SSSR count). The van der Waals surface area contributed by atoms with E-state index < -0.39 is 0 Å². The van der Waals surface area contributed by atoms with Crippen molar-refractivity contribution < 1.29 is 0 Å². The minimum Gasteiger partial charge on any atom is -0.103 e. The predicted octanol–water partition coefficient (Wildman–Crippen LogP) is 11.6. The number of hydrogen-bond acceptors (Lipinski definition) is 0. The molecular formula is C33H56. The van der Waals surface area contributed by atoms with Gasteiger partial charge in [0.05, 0.1) is 0 Å². The summed E-state index contributed by atoms with van der Waals surface area (Å²) in [5.41, 5.74) is 2.76. The lowest BCUT2D eigenvalue weighted by Crippen LogP contribution is -2.12. The standard InChI is InChI=1S/C12H12.2C8H16.C3H6.C2H6/c1-2-10-7-5-8-11-6-3-4-9-12(10)11;1-7-5-3-4-6-8(7)2;1-4-5-6-7-8(2)3;1-3-2;1-2/h3-9H,2H2,1H3;7-8H,3-6H2,1-2H3;2,4-7H2,1,3H3;3H,1H2,2H3;1-2H3. The van der Waals surface area contributed by atoms with E-state index in [4.69, 9.17) is 0 Å². The van der Waals surface area contributed by atoms with Crippen molar-refractivity contribution in [2.75, 3.05) is 0 Å². The van der Waals surface area contributed by atoms with Gasteiger partial charge in [0.2, 0.25) is 0 Å². The van der Waals surface area contributed by atoms with Crippen LogP contribution in [0, 0.1) is 11.8 Å². The van der Waals surface area contributed by atoms with Gasteiger partial charge in [0.25, 0.3) is 0 Å². The summed E-state index contributed by atoms with van der Waals surface area (Å²) in [5.74, 6) is 2.01. The Bertz CT molecular complexity index is 694. The molecule has 0 aliphatic heterocycles. The van der Waals surface area contributed by atoms with Crippen molar-refractivity contribution in [1.82, 2.24) is 0 Å². The van der Waals surface area contributed by atoms with Gasteiger partial charge in [0.15, 0.2) is 0 Å². The first-order valence-corrected chi connectivity index (χ1v) is 13.6. The molecule has 33 heavy (non-hydrogen) atoms. The Morgan fingerprint density at radius 2 is 1.42 bits per heavy atom. The lowest BCUT2D eigenvalue weighted by molar-refractivity contribution is 0.277. The lowest BCUT2D eigenvalue weighted by atomic mass is 9.82. The second kappa shape index (κ2) is 23.3. The average Bonchev–Trinajstić information content (AvgIpc) is 2.83. The fourth-order valence-electron chi connectivity index (χ4n) is 3.78. The van der Waals surface area contributed by atoms with Crippen molar-refractivity contribution in [3.63, 3.8) is 0 Å². The molecule has 0 aromatic heterocycles. The molecule has 0 saturated heterocycles. The van der Waals surface area contributed by atoms with E-state index in [0.29, 0.717) is 0 Å². The molecule has 0 spiro atoms. The number of fused-ring (bicyclic) bond motifs is 1. The molecule has 1 saturated carbocycles. The third-order valence-corrected chi connectivity index (χ3v) is 6.01. The zero-order valence-electron chi connectivity index (χ0n) is 23.6. The average molecular weight is 453 g/mol. The first-order valence-electron chi connectivity index (χ1n) is 13.6. The molecule has 1 aliphatic carbocycles. The zero-order valence-corrected chi connectivity index (χ0v) is 23.6. The second-order valence-corrected chi connectivity index (χ2v) is 9.05. The smallest absolute Gasteiger partial charge is 0.0152 e. The van der Waals surface area contributed by atoms with Crippen LogP contribution in [-0.2, 0) is 6.42 Å². The van der Waals surface area contributed by atoms with Crippen molar-refractivity contribution in [3.05, 3.63) is 72.8 Å². The maximum absolute atomic E-state index is 3.83. The van der Waals surface area contributed by atoms with Crippen LogP contribution < -0.4 is 0 Å². The maximum Gasteiger partial charge on any atom is -0.0152 e. The summed E-state index contributed by atoms with van der Waals surface area (Å²) >= 11 is 0. The summed E-state index contributed by atoms with van der Waals surface area (Å²) in [6.45, 7) is 24.3. The highest BCUT2D eigenvalue weighted by molar-refractivity contribution is 5.85. The van der Waals surface area contributed by atoms with Gasteiger partial charge in [-0.25, -0.2) is 0 Å². The molecule has 0 bridgehead atoms. The van der Waals surface area contributed by atoms with E-state index in [1.165, 1.54) is 73.3 Å². The number of hydrogen-bond donors (Lipinski definition) is 0.